The van der Waals surface area contributed by atoms with Gasteiger partial charge in [0.1, 0.15) is 11.5 Å². The number of carbonyl (C=O) groups is 2. The maximum Gasteiger partial charge on any atom is 0.255 e. The van der Waals surface area contributed by atoms with Crippen LogP contribution in [0.15, 0.2) is 60.8 Å². The lowest BCUT2D eigenvalue weighted by Gasteiger charge is -2.14. The Balaban J connectivity index is 1.87. The van der Waals surface area contributed by atoms with E-state index in [0.717, 1.165) is 5.56 Å². The van der Waals surface area contributed by atoms with Crippen LogP contribution in [0.3, 0.4) is 0 Å². The Morgan fingerprint density at radius 2 is 1.86 bits per heavy atom. The molecular weight excluding hydrogens is 370 g/mol. The van der Waals surface area contributed by atoms with Crippen molar-refractivity contribution in [3.8, 4) is 22.8 Å². The van der Waals surface area contributed by atoms with Gasteiger partial charge in [0.2, 0.25) is 5.91 Å². The number of rotatable bonds is 6. The van der Waals surface area contributed by atoms with E-state index in [2.05, 4.69) is 15.6 Å². The maximum absolute atomic E-state index is 12.8. The van der Waals surface area contributed by atoms with Crippen LogP contribution in [0.2, 0.25) is 0 Å². The quantitative estimate of drug-likeness (QED) is 0.588. The molecule has 0 aliphatic heterocycles. The monoisotopic (exact) mass is 391 g/mol. The van der Waals surface area contributed by atoms with Gasteiger partial charge in [-0.25, -0.2) is 0 Å². The topological polar surface area (TPSA) is 101 Å². The number of nitrogens with zero attached hydrogens (tertiary/aromatic N) is 1. The molecule has 0 spiro atoms. The minimum atomic E-state index is -0.342. The van der Waals surface area contributed by atoms with Crippen LogP contribution in [0.1, 0.15) is 23.7 Å². The van der Waals surface area contributed by atoms with Crippen molar-refractivity contribution < 1.29 is 19.4 Å². The van der Waals surface area contributed by atoms with Gasteiger partial charge in [-0.2, -0.15) is 0 Å². The van der Waals surface area contributed by atoms with Crippen LogP contribution in [-0.4, -0.2) is 29.0 Å². The van der Waals surface area contributed by atoms with E-state index >= 15 is 0 Å². The number of hydrogen-bond acceptors (Lipinski definition) is 5. The fourth-order valence-corrected chi connectivity index (χ4v) is 2.67. The number of carbonyl (C=O) groups excluding carboxylic acids is 2. The van der Waals surface area contributed by atoms with E-state index in [1.807, 2.05) is 6.07 Å². The first-order valence-electron chi connectivity index (χ1n) is 9.05. The van der Waals surface area contributed by atoms with Crippen molar-refractivity contribution >= 4 is 23.2 Å². The lowest BCUT2D eigenvalue weighted by Crippen LogP contribution is -2.16. The smallest absolute Gasteiger partial charge is 0.255 e. The molecule has 3 rings (SSSR count). The van der Waals surface area contributed by atoms with Crippen molar-refractivity contribution in [3.05, 3.63) is 66.4 Å². The highest BCUT2D eigenvalue weighted by Gasteiger charge is 2.13. The maximum atomic E-state index is 12.8. The predicted octanol–water partition coefficient (Wildman–Crippen LogP) is 4.06. The summed E-state index contributed by atoms with van der Waals surface area (Å²) in [5.74, 6) is 0.121. The first-order valence-corrected chi connectivity index (χ1v) is 9.05. The molecular formula is C22H21N3O4. The summed E-state index contributed by atoms with van der Waals surface area (Å²) in [7, 11) is 1.53. The predicted molar refractivity (Wildman–Crippen MR) is 111 cm³/mol. The summed E-state index contributed by atoms with van der Waals surface area (Å²) >= 11 is 0. The SMILES string of the molecule is CCC(=O)Nc1ccc(OC)cc1NC(=O)c1cccc(-c2ccc(O)cn2)c1. The highest BCUT2D eigenvalue weighted by Crippen LogP contribution is 2.28. The molecule has 2 aromatic carbocycles. The first-order chi connectivity index (χ1) is 14.0. The van der Waals surface area contributed by atoms with E-state index < -0.39 is 0 Å². The number of benzene rings is 2. The van der Waals surface area contributed by atoms with Crippen molar-refractivity contribution in [1.82, 2.24) is 4.98 Å². The molecule has 148 valence electrons. The Hall–Kier alpha value is -3.87. The Morgan fingerprint density at radius 1 is 1.03 bits per heavy atom. The van der Waals surface area contributed by atoms with E-state index in [-0.39, 0.29) is 17.6 Å². The van der Waals surface area contributed by atoms with Crippen LogP contribution in [0.5, 0.6) is 11.5 Å². The summed E-state index contributed by atoms with van der Waals surface area (Å²) in [5, 5.41) is 15.0. The Labute approximate surface area is 168 Å². The second-order valence-corrected chi connectivity index (χ2v) is 6.25. The van der Waals surface area contributed by atoms with Crippen molar-refractivity contribution in [3.63, 3.8) is 0 Å². The number of ether oxygens (including phenoxy) is 1. The molecule has 0 unspecified atom stereocenters. The van der Waals surface area contributed by atoms with Gasteiger partial charge in [0.15, 0.2) is 0 Å². The minimum absolute atomic E-state index is 0.0716. The van der Waals surface area contributed by atoms with Crippen molar-refractivity contribution in [2.24, 2.45) is 0 Å². The van der Waals surface area contributed by atoms with Crippen LogP contribution in [0.4, 0.5) is 11.4 Å². The standard InChI is InChI=1S/C22H21N3O4/c1-3-21(27)24-19-10-8-17(29-2)12-20(19)25-22(28)15-6-4-5-14(11-15)18-9-7-16(26)13-23-18/h4-13,26H,3H2,1-2H3,(H,24,27)(H,25,28). The van der Waals surface area contributed by atoms with Gasteiger partial charge in [-0.05, 0) is 36.4 Å². The van der Waals surface area contributed by atoms with Gasteiger partial charge >= 0.3 is 0 Å². The van der Waals surface area contributed by atoms with Crippen molar-refractivity contribution in [2.75, 3.05) is 17.7 Å². The van der Waals surface area contributed by atoms with E-state index in [1.54, 1.807) is 49.4 Å². The van der Waals surface area contributed by atoms with Gasteiger partial charge in [-0.3, -0.25) is 14.6 Å². The third-order valence-corrected chi connectivity index (χ3v) is 4.24. The third kappa shape index (κ3) is 4.90. The first kappa shape index (κ1) is 19.9. The molecule has 3 aromatic rings. The fraction of sp³-hybridized carbons (Fsp3) is 0.136. The summed E-state index contributed by atoms with van der Waals surface area (Å²) < 4.78 is 5.22. The summed E-state index contributed by atoms with van der Waals surface area (Å²) in [4.78, 5) is 28.8. The Kier molecular flexibility index (Phi) is 6.09. The molecule has 1 heterocycles. The molecule has 0 aliphatic carbocycles. The molecule has 3 N–H and O–H groups in total. The lowest BCUT2D eigenvalue weighted by molar-refractivity contribution is -0.115. The van der Waals surface area contributed by atoms with Gasteiger partial charge in [0.25, 0.3) is 5.91 Å². The van der Waals surface area contributed by atoms with Crippen LogP contribution in [0.25, 0.3) is 11.3 Å². The number of anilines is 2. The zero-order valence-corrected chi connectivity index (χ0v) is 16.1. The summed E-state index contributed by atoms with van der Waals surface area (Å²) in [5.41, 5.74) is 2.72. The summed E-state index contributed by atoms with van der Waals surface area (Å²) in [6, 6.07) is 15.2. The molecule has 1 aromatic heterocycles. The second kappa shape index (κ2) is 8.88. The van der Waals surface area contributed by atoms with Gasteiger partial charge in [0, 0.05) is 23.6 Å². The molecule has 7 heteroatoms. The molecule has 0 fully saturated rings. The van der Waals surface area contributed by atoms with E-state index in [4.69, 9.17) is 4.74 Å². The summed E-state index contributed by atoms with van der Waals surface area (Å²) in [6.45, 7) is 1.75. The Morgan fingerprint density at radius 3 is 2.55 bits per heavy atom. The number of aromatic hydroxyl groups is 1. The number of pyridine rings is 1. The number of nitrogens with one attached hydrogen (secondary N) is 2. The van der Waals surface area contributed by atoms with Gasteiger partial charge in [0.05, 0.1) is 30.4 Å². The van der Waals surface area contributed by atoms with Crippen molar-refractivity contribution in [2.45, 2.75) is 13.3 Å². The lowest BCUT2D eigenvalue weighted by atomic mass is 10.1. The van der Waals surface area contributed by atoms with Gasteiger partial charge in [-0.15, -0.1) is 0 Å². The van der Waals surface area contributed by atoms with E-state index in [0.29, 0.717) is 34.8 Å². The van der Waals surface area contributed by atoms with E-state index in [1.165, 1.54) is 19.4 Å². The average molecular weight is 391 g/mol. The fourth-order valence-electron chi connectivity index (χ4n) is 2.67. The molecule has 0 aliphatic rings. The number of aromatic nitrogens is 1. The molecule has 0 atom stereocenters. The number of amides is 2. The molecule has 0 saturated carbocycles. The largest absolute Gasteiger partial charge is 0.506 e. The zero-order valence-electron chi connectivity index (χ0n) is 16.1. The summed E-state index contributed by atoms with van der Waals surface area (Å²) in [6.07, 6.45) is 1.67. The number of hydrogen-bond donors (Lipinski definition) is 3. The molecule has 0 radical (unpaired) electrons. The van der Waals surface area contributed by atoms with Gasteiger partial charge in [-0.1, -0.05) is 19.1 Å². The molecule has 29 heavy (non-hydrogen) atoms. The van der Waals surface area contributed by atoms with Crippen LogP contribution in [0, 0.1) is 0 Å². The van der Waals surface area contributed by atoms with Gasteiger partial charge < -0.3 is 20.5 Å². The minimum Gasteiger partial charge on any atom is -0.506 e. The molecule has 7 nitrogen and oxygen atoms in total. The third-order valence-electron chi connectivity index (χ3n) is 4.24. The molecule has 0 saturated heterocycles. The average Bonchev–Trinajstić information content (AvgIpc) is 2.75. The highest BCUT2D eigenvalue weighted by molar-refractivity contribution is 6.07. The van der Waals surface area contributed by atoms with E-state index in [9.17, 15) is 14.7 Å². The zero-order chi connectivity index (χ0) is 20.8. The molecule has 0 bridgehead atoms. The van der Waals surface area contributed by atoms with Crippen LogP contribution in [-0.2, 0) is 4.79 Å². The number of methoxy groups -OCH3 is 1. The van der Waals surface area contributed by atoms with Crippen LogP contribution >= 0.6 is 0 Å². The Bertz CT molecular complexity index is 1030. The highest BCUT2D eigenvalue weighted by atomic mass is 16.5. The molecule has 2 amide bonds. The van der Waals surface area contributed by atoms with Crippen LogP contribution < -0.4 is 15.4 Å². The normalized spacial score (nSPS) is 10.3. The van der Waals surface area contributed by atoms with Crippen molar-refractivity contribution in [1.29, 1.82) is 0 Å². The second-order valence-electron chi connectivity index (χ2n) is 6.25.